The Kier molecular flexibility index (Phi) is 5.39. The van der Waals surface area contributed by atoms with E-state index in [2.05, 4.69) is 11.9 Å². The number of carbonyl (C=O) groups is 1. The first kappa shape index (κ1) is 17.9. The number of benzene rings is 1. The van der Waals surface area contributed by atoms with Crippen molar-refractivity contribution in [3.63, 3.8) is 0 Å². The maximum absolute atomic E-state index is 13.0. The first-order valence-electron chi connectivity index (χ1n) is 8.23. The van der Waals surface area contributed by atoms with Gasteiger partial charge < -0.3 is 4.90 Å². The molecule has 1 aliphatic rings. The molecule has 1 aliphatic heterocycles. The number of hydrogen-bond acceptors (Lipinski definition) is 5. The van der Waals surface area contributed by atoms with E-state index in [4.69, 9.17) is 0 Å². The van der Waals surface area contributed by atoms with Gasteiger partial charge in [-0.25, -0.2) is 17.7 Å². The van der Waals surface area contributed by atoms with Crippen molar-refractivity contribution in [3.8, 4) is 0 Å². The van der Waals surface area contributed by atoms with E-state index in [0.29, 0.717) is 24.1 Å². The van der Waals surface area contributed by atoms with Crippen LogP contribution in [0.2, 0.25) is 0 Å². The number of aromatic nitrogens is 1. The van der Waals surface area contributed by atoms with Crippen LogP contribution in [0.5, 0.6) is 0 Å². The van der Waals surface area contributed by atoms with Crippen LogP contribution in [-0.4, -0.2) is 43.8 Å². The van der Waals surface area contributed by atoms with Crippen LogP contribution >= 0.6 is 11.3 Å². The molecule has 0 saturated carbocycles. The number of amides is 1. The van der Waals surface area contributed by atoms with Crippen LogP contribution in [0.15, 0.2) is 46.8 Å². The molecule has 1 fully saturated rings. The summed E-state index contributed by atoms with van der Waals surface area (Å²) < 4.78 is 27.2. The highest BCUT2D eigenvalue weighted by atomic mass is 32.2. The van der Waals surface area contributed by atoms with Gasteiger partial charge in [0.15, 0.2) is 5.13 Å². The zero-order valence-corrected chi connectivity index (χ0v) is 15.7. The summed E-state index contributed by atoms with van der Waals surface area (Å²) in [6, 6.07) is 8.15. The molecule has 8 heteroatoms. The van der Waals surface area contributed by atoms with Crippen LogP contribution in [0.25, 0.3) is 0 Å². The van der Waals surface area contributed by atoms with E-state index < -0.39 is 10.0 Å². The average molecular weight is 380 g/mol. The Morgan fingerprint density at radius 3 is 2.76 bits per heavy atom. The first-order chi connectivity index (χ1) is 12.0. The lowest BCUT2D eigenvalue weighted by Gasteiger charge is -2.32. The third-order valence-electron chi connectivity index (χ3n) is 4.25. The maximum Gasteiger partial charge on any atom is 0.266 e. The zero-order valence-electron chi connectivity index (χ0n) is 14.0. The minimum Gasteiger partial charge on any atom is -0.341 e. The number of sulfonamides is 1. The number of thiazole rings is 1. The zero-order chi connectivity index (χ0) is 17.9. The number of likely N-dealkylation sites (tertiary alicyclic amines) is 1. The van der Waals surface area contributed by atoms with Crippen molar-refractivity contribution in [1.29, 1.82) is 0 Å². The Bertz CT molecular complexity index is 807. The summed E-state index contributed by atoms with van der Waals surface area (Å²) in [5.74, 6) is 0.262. The number of piperidine rings is 1. The summed E-state index contributed by atoms with van der Waals surface area (Å²) in [5.41, 5.74) is 0. The second-order valence-electron chi connectivity index (χ2n) is 6.23. The second kappa shape index (κ2) is 7.53. The van der Waals surface area contributed by atoms with Gasteiger partial charge in [-0.1, -0.05) is 25.1 Å². The van der Waals surface area contributed by atoms with Crippen LogP contribution in [0.1, 0.15) is 19.8 Å². The Labute approximate surface area is 152 Å². The van der Waals surface area contributed by atoms with Crippen molar-refractivity contribution in [1.82, 2.24) is 9.88 Å². The molecule has 0 aliphatic carbocycles. The molecule has 0 radical (unpaired) electrons. The van der Waals surface area contributed by atoms with Crippen LogP contribution in [0.3, 0.4) is 0 Å². The SMILES string of the molecule is CC1CCCN(C(=O)CN(c2nccs2)S(=O)(=O)c2ccccc2)C1. The maximum atomic E-state index is 13.0. The fraction of sp³-hybridized carbons (Fsp3) is 0.412. The summed E-state index contributed by atoms with van der Waals surface area (Å²) in [6.45, 7) is 3.24. The van der Waals surface area contributed by atoms with Gasteiger partial charge in [0.1, 0.15) is 6.54 Å². The third-order valence-corrected chi connectivity index (χ3v) is 6.91. The van der Waals surface area contributed by atoms with Crippen LogP contribution in [0.4, 0.5) is 5.13 Å². The minimum absolute atomic E-state index is 0.157. The Morgan fingerprint density at radius 2 is 2.12 bits per heavy atom. The molecule has 25 heavy (non-hydrogen) atoms. The predicted octanol–water partition coefficient (Wildman–Crippen LogP) is 2.60. The fourth-order valence-corrected chi connectivity index (χ4v) is 5.21. The van der Waals surface area contributed by atoms with Gasteiger partial charge >= 0.3 is 0 Å². The summed E-state index contributed by atoms with van der Waals surface area (Å²) in [5, 5.41) is 2.01. The molecule has 1 aromatic carbocycles. The number of rotatable bonds is 5. The fourth-order valence-electron chi connectivity index (χ4n) is 2.95. The van der Waals surface area contributed by atoms with E-state index in [-0.39, 0.29) is 17.3 Å². The molecule has 3 rings (SSSR count). The van der Waals surface area contributed by atoms with Gasteiger partial charge in [-0.3, -0.25) is 4.79 Å². The largest absolute Gasteiger partial charge is 0.341 e. The highest BCUT2D eigenvalue weighted by Crippen LogP contribution is 2.26. The predicted molar refractivity (Wildman–Crippen MR) is 98.1 cm³/mol. The Morgan fingerprint density at radius 1 is 1.36 bits per heavy atom. The molecular weight excluding hydrogens is 358 g/mol. The Balaban J connectivity index is 1.87. The molecular formula is C17H21N3O3S2. The number of nitrogens with zero attached hydrogens (tertiary/aromatic N) is 3. The van der Waals surface area contributed by atoms with Gasteiger partial charge in [0.2, 0.25) is 5.91 Å². The van der Waals surface area contributed by atoms with Gasteiger partial charge in [0.05, 0.1) is 4.90 Å². The van der Waals surface area contributed by atoms with Gasteiger partial charge in [0, 0.05) is 24.7 Å². The van der Waals surface area contributed by atoms with Crippen molar-refractivity contribution in [2.75, 3.05) is 23.9 Å². The molecule has 2 aromatic rings. The van der Waals surface area contributed by atoms with Crippen molar-refractivity contribution in [3.05, 3.63) is 41.9 Å². The highest BCUT2D eigenvalue weighted by Gasteiger charge is 2.31. The van der Waals surface area contributed by atoms with Gasteiger partial charge in [-0.05, 0) is 30.9 Å². The Hall–Kier alpha value is -1.93. The average Bonchev–Trinajstić information content (AvgIpc) is 3.14. The summed E-state index contributed by atoms with van der Waals surface area (Å²) in [4.78, 5) is 18.8. The lowest BCUT2D eigenvalue weighted by molar-refractivity contribution is -0.131. The molecule has 1 amide bonds. The first-order valence-corrected chi connectivity index (χ1v) is 10.6. The van der Waals surface area contributed by atoms with Gasteiger partial charge in [0.25, 0.3) is 10.0 Å². The van der Waals surface area contributed by atoms with Crippen molar-refractivity contribution in [2.24, 2.45) is 5.92 Å². The molecule has 6 nitrogen and oxygen atoms in total. The van der Waals surface area contributed by atoms with E-state index in [1.54, 1.807) is 34.7 Å². The normalized spacial score (nSPS) is 18.1. The minimum atomic E-state index is -3.84. The molecule has 0 bridgehead atoms. The van der Waals surface area contributed by atoms with Crippen molar-refractivity contribution < 1.29 is 13.2 Å². The highest BCUT2D eigenvalue weighted by molar-refractivity contribution is 7.93. The molecule has 2 heterocycles. The monoisotopic (exact) mass is 379 g/mol. The third kappa shape index (κ3) is 4.01. The summed E-state index contributed by atoms with van der Waals surface area (Å²) in [7, 11) is -3.84. The molecule has 1 atom stereocenters. The van der Waals surface area contributed by atoms with E-state index >= 15 is 0 Å². The quantitative estimate of drug-likeness (QED) is 0.801. The number of hydrogen-bond donors (Lipinski definition) is 0. The summed E-state index contributed by atoms with van der Waals surface area (Å²) >= 11 is 1.21. The van der Waals surface area contributed by atoms with Crippen LogP contribution in [-0.2, 0) is 14.8 Å². The summed E-state index contributed by atoms with van der Waals surface area (Å²) in [6.07, 6.45) is 3.60. The van der Waals surface area contributed by atoms with E-state index in [9.17, 15) is 13.2 Å². The van der Waals surface area contributed by atoms with Crippen molar-refractivity contribution >= 4 is 32.4 Å². The molecule has 1 unspecified atom stereocenters. The van der Waals surface area contributed by atoms with E-state index in [1.807, 2.05) is 0 Å². The number of carbonyl (C=O) groups excluding carboxylic acids is 1. The molecule has 134 valence electrons. The standard InChI is InChI=1S/C17H21N3O3S2/c1-14-6-5-10-19(12-14)16(21)13-20(17-18-9-11-24-17)25(22,23)15-7-3-2-4-8-15/h2-4,7-9,11,14H,5-6,10,12-13H2,1H3. The second-order valence-corrected chi connectivity index (χ2v) is 8.96. The molecule has 0 spiro atoms. The topological polar surface area (TPSA) is 70.6 Å². The smallest absolute Gasteiger partial charge is 0.266 e. The van der Waals surface area contributed by atoms with Gasteiger partial charge in [-0.15, -0.1) is 11.3 Å². The molecule has 0 N–H and O–H groups in total. The van der Waals surface area contributed by atoms with Crippen LogP contribution < -0.4 is 4.31 Å². The van der Waals surface area contributed by atoms with Gasteiger partial charge in [-0.2, -0.15) is 0 Å². The molecule has 1 saturated heterocycles. The lowest BCUT2D eigenvalue weighted by atomic mass is 10.0. The number of anilines is 1. The molecule has 1 aromatic heterocycles. The van der Waals surface area contributed by atoms with E-state index in [0.717, 1.165) is 17.1 Å². The lowest BCUT2D eigenvalue weighted by Crippen LogP contribution is -2.46. The van der Waals surface area contributed by atoms with E-state index in [1.165, 1.54) is 23.5 Å². The van der Waals surface area contributed by atoms with Crippen molar-refractivity contribution in [2.45, 2.75) is 24.7 Å². The van der Waals surface area contributed by atoms with Crippen LogP contribution in [0, 0.1) is 5.92 Å².